The molecule has 0 bridgehead atoms. The number of pyridine rings is 1. The van der Waals surface area contributed by atoms with E-state index in [1.54, 1.807) is 7.11 Å². The van der Waals surface area contributed by atoms with Crippen molar-refractivity contribution in [3.8, 4) is 5.88 Å². The number of fused-ring (bicyclic) bond motifs is 1. The number of hydrogen-bond acceptors (Lipinski definition) is 4. The van der Waals surface area contributed by atoms with Gasteiger partial charge < -0.3 is 4.74 Å². The summed E-state index contributed by atoms with van der Waals surface area (Å²) in [6.45, 7) is 4.39. The molecule has 1 aliphatic heterocycles. The fourth-order valence-electron chi connectivity index (χ4n) is 2.81. The van der Waals surface area contributed by atoms with Crippen molar-refractivity contribution in [3.63, 3.8) is 0 Å². The molecule has 0 aliphatic carbocycles. The molecule has 1 aliphatic rings. The number of likely N-dealkylation sites (tertiary alicyclic amines) is 1. The van der Waals surface area contributed by atoms with Crippen molar-refractivity contribution in [1.29, 1.82) is 0 Å². The van der Waals surface area contributed by atoms with Crippen molar-refractivity contribution < 1.29 is 4.74 Å². The highest BCUT2D eigenvalue weighted by Gasteiger charge is 2.29. The van der Waals surface area contributed by atoms with Gasteiger partial charge in [-0.2, -0.15) is 0 Å². The van der Waals surface area contributed by atoms with E-state index in [-0.39, 0.29) is 0 Å². The van der Waals surface area contributed by atoms with Crippen LogP contribution in [0.15, 0.2) is 18.2 Å². The molecule has 5 nitrogen and oxygen atoms in total. The van der Waals surface area contributed by atoms with Gasteiger partial charge in [0.05, 0.1) is 13.2 Å². The van der Waals surface area contributed by atoms with Crippen LogP contribution in [0.1, 0.15) is 31.6 Å². The van der Waals surface area contributed by atoms with E-state index in [4.69, 9.17) is 4.74 Å². The van der Waals surface area contributed by atoms with Gasteiger partial charge in [-0.25, -0.2) is 4.40 Å². The molecular weight excluding hydrogens is 228 g/mol. The van der Waals surface area contributed by atoms with Crippen molar-refractivity contribution in [2.45, 2.75) is 25.8 Å². The summed E-state index contributed by atoms with van der Waals surface area (Å²) in [6, 6.07) is 6.22. The first-order valence-corrected chi connectivity index (χ1v) is 6.47. The van der Waals surface area contributed by atoms with Gasteiger partial charge >= 0.3 is 0 Å². The SMILES string of the molecule is CCN1CCCC1c1nnc2cccc(OC)n12. The Morgan fingerprint density at radius 3 is 3.06 bits per heavy atom. The number of methoxy groups -OCH3 is 1. The zero-order valence-corrected chi connectivity index (χ0v) is 10.8. The Morgan fingerprint density at radius 1 is 1.39 bits per heavy atom. The lowest BCUT2D eigenvalue weighted by Gasteiger charge is -2.21. The summed E-state index contributed by atoms with van der Waals surface area (Å²) in [6.07, 6.45) is 2.37. The van der Waals surface area contributed by atoms with Crippen LogP contribution in [0.2, 0.25) is 0 Å². The molecule has 1 atom stereocenters. The zero-order valence-electron chi connectivity index (χ0n) is 10.8. The summed E-state index contributed by atoms with van der Waals surface area (Å²) in [5, 5.41) is 8.62. The summed E-state index contributed by atoms with van der Waals surface area (Å²) >= 11 is 0. The fourth-order valence-corrected chi connectivity index (χ4v) is 2.81. The van der Waals surface area contributed by atoms with Gasteiger partial charge in [-0.1, -0.05) is 13.0 Å². The second kappa shape index (κ2) is 4.57. The van der Waals surface area contributed by atoms with Crippen LogP contribution in [0.4, 0.5) is 0 Å². The van der Waals surface area contributed by atoms with Crippen LogP contribution < -0.4 is 4.74 Å². The van der Waals surface area contributed by atoms with Crippen LogP contribution in [0.5, 0.6) is 5.88 Å². The molecule has 1 saturated heterocycles. The van der Waals surface area contributed by atoms with Crippen LogP contribution in [-0.2, 0) is 0 Å². The van der Waals surface area contributed by atoms with Crippen LogP contribution in [0, 0.1) is 0 Å². The Bertz CT molecular complexity index is 551. The monoisotopic (exact) mass is 246 g/mol. The largest absolute Gasteiger partial charge is 0.482 e. The standard InChI is InChI=1S/C13H18N4O/c1-3-16-9-5-6-10(16)13-15-14-11-7-4-8-12(18-2)17(11)13/h4,7-8,10H,3,5-6,9H2,1-2H3. The minimum atomic E-state index is 0.362. The van der Waals surface area contributed by atoms with E-state index < -0.39 is 0 Å². The maximum Gasteiger partial charge on any atom is 0.200 e. The van der Waals surface area contributed by atoms with Gasteiger partial charge in [0.25, 0.3) is 0 Å². The highest BCUT2D eigenvalue weighted by molar-refractivity contribution is 5.42. The van der Waals surface area contributed by atoms with Gasteiger partial charge in [0, 0.05) is 0 Å². The van der Waals surface area contributed by atoms with Crippen molar-refractivity contribution in [3.05, 3.63) is 24.0 Å². The summed E-state index contributed by atoms with van der Waals surface area (Å²) in [4.78, 5) is 2.45. The van der Waals surface area contributed by atoms with Crippen molar-refractivity contribution in [2.75, 3.05) is 20.2 Å². The first-order chi connectivity index (χ1) is 8.85. The third kappa shape index (κ3) is 1.66. The number of aromatic nitrogens is 3. The molecule has 3 rings (SSSR count). The molecule has 0 radical (unpaired) electrons. The van der Waals surface area contributed by atoms with Crippen LogP contribution in [0.3, 0.4) is 0 Å². The first-order valence-electron chi connectivity index (χ1n) is 6.47. The molecule has 0 N–H and O–H groups in total. The van der Waals surface area contributed by atoms with E-state index in [9.17, 15) is 0 Å². The van der Waals surface area contributed by atoms with Crippen molar-refractivity contribution in [1.82, 2.24) is 19.5 Å². The van der Waals surface area contributed by atoms with E-state index in [2.05, 4.69) is 22.0 Å². The number of ether oxygens (including phenoxy) is 1. The lowest BCUT2D eigenvalue weighted by atomic mass is 10.2. The predicted octanol–water partition coefficient (Wildman–Crippen LogP) is 1.89. The normalized spacial score (nSPS) is 20.7. The molecule has 0 amide bonds. The van der Waals surface area contributed by atoms with Crippen LogP contribution in [-0.4, -0.2) is 39.7 Å². The average molecular weight is 246 g/mol. The Kier molecular flexibility index (Phi) is 2.91. The van der Waals surface area contributed by atoms with Gasteiger partial charge in [0.1, 0.15) is 0 Å². The Balaban J connectivity index is 2.11. The minimum Gasteiger partial charge on any atom is -0.482 e. The maximum atomic E-state index is 5.42. The van der Waals surface area contributed by atoms with Crippen molar-refractivity contribution >= 4 is 5.65 Å². The molecule has 5 heteroatoms. The number of hydrogen-bond donors (Lipinski definition) is 0. The highest BCUT2D eigenvalue weighted by atomic mass is 16.5. The van der Waals surface area contributed by atoms with Crippen LogP contribution >= 0.6 is 0 Å². The van der Waals surface area contributed by atoms with Gasteiger partial charge in [-0.3, -0.25) is 4.90 Å². The molecule has 18 heavy (non-hydrogen) atoms. The highest BCUT2D eigenvalue weighted by Crippen LogP contribution is 2.32. The summed E-state index contributed by atoms with van der Waals surface area (Å²) in [5.41, 5.74) is 0.854. The molecule has 1 unspecified atom stereocenters. The van der Waals surface area contributed by atoms with Gasteiger partial charge in [-0.05, 0) is 38.1 Å². The quantitative estimate of drug-likeness (QED) is 0.829. The number of nitrogens with zero attached hydrogens (tertiary/aromatic N) is 4. The number of rotatable bonds is 3. The first kappa shape index (κ1) is 11.5. The molecule has 0 aromatic carbocycles. The Labute approximate surface area is 106 Å². The van der Waals surface area contributed by atoms with Crippen molar-refractivity contribution in [2.24, 2.45) is 0 Å². The smallest absolute Gasteiger partial charge is 0.200 e. The van der Waals surface area contributed by atoms with E-state index in [1.807, 2.05) is 22.6 Å². The third-order valence-corrected chi connectivity index (χ3v) is 3.69. The van der Waals surface area contributed by atoms with E-state index in [0.29, 0.717) is 6.04 Å². The molecule has 2 aromatic heterocycles. The Morgan fingerprint density at radius 2 is 2.28 bits per heavy atom. The second-order valence-electron chi connectivity index (χ2n) is 4.61. The molecule has 0 spiro atoms. The molecular formula is C13H18N4O. The fraction of sp³-hybridized carbons (Fsp3) is 0.538. The summed E-state index contributed by atoms with van der Waals surface area (Å²) in [7, 11) is 1.69. The molecule has 2 aromatic rings. The Hall–Kier alpha value is -1.62. The molecule has 1 fully saturated rings. The van der Waals surface area contributed by atoms with E-state index >= 15 is 0 Å². The maximum absolute atomic E-state index is 5.42. The predicted molar refractivity (Wildman–Crippen MR) is 68.8 cm³/mol. The topological polar surface area (TPSA) is 42.7 Å². The average Bonchev–Trinajstić information content (AvgIpc) is 3.03. The second-order valence-corrected chi connectivity index (χ2v) is 4.61. The minimum absolute atomic E-state index is 0.362. The molecule has 0 saturated carbocycles. The van der Waals surface area contributed by atoms with Crippen LogP contribution in [0.25, 0.3) is 5.65 Å². The zero-order chi connectivity index (χ0) is 12.5. The molecule has 3 heterocycles. The lowest BCUT2D eigenvalue weighted by Crippen LogP contribution is -2.24. The van der Waals surface area contributed by atoms with Gasteiger partial charge in [-0.15, -0.1) is 10.2 Å². The third-order valence-electron chi connectivity index (χ3n) is 3.69. The van der Waals surface area contributed by atoms with E-state index in [0.717, 1.165) is 36.9 Å². The van der Waals surface area contributed by atoms with Gasteiger partial charge in [0.15, 0.2) is 11.5 Å². The molecule has 96 valence electrons. The lowest BCUT2D eigenvalue weighted by molar-refractivity contribution is 0.258. The van der Waals surface area contributed by atoms with E-state index in [1.165, 1.54) is 6.42 Å². The summed E-state index contributed by atoms with van der Waals surface area (Å²) in [5.74, 6) is 1.80. The summed E-state index contributed by atoms with van der Waals surface area (Å²) < 4.78 is 7.45. The van der Waals surface area contributed by atoms with Gasteiger partial charge in [0.2, 0.25) is 5.88 Å².